The van der Waals surface area contributed by atoms with E-state index in [2.05, 4.69) is 5.16 Å². The lowest BCUT2D eigenvalue weighted by atomic mass is 10.2. The van der Waals surface area contributed by atoms with E-state index in [4.69, 9.17) is 15.3 Å². The SMILES string of the molecule is NC(=O)COc1ccc(C=NOC(=O)c2ccccc2)cc1. The van der Waals surface area contributed by atoms with E-state index in [1.165, 1.54) is 6.21 Å². The summed E-state index contributed by atoms with van der Waals surface area (Å²) in [6.45, 7) is -0.178. The highest BCUT2D eigenvalue weighted by Gasteiger charge is 2.04. The number of nitrogens with zero attached hydrogens (tertiary/aromatic N) is 1. The van der Waals surface area contributed by atoms with Crippen LogP contribution in [0.2, 0.25) is 0 Å². The highest BCUT2D eigenvalue weighted by molar-refractivity contribution is 5.90. The molecule has 0 aliphatic rings. The molecule has 0 radical (unpaired) electrons. The molecule has 2 N–H and O–H groups in total. The van der Waals surface area contributed by atoms with Crippen LogP contribution in [0.3, 0.4) is 0 Å². The lowest BCUT2D eigenvalue weighted by Gasteiger charge is -2.03. The van der Waals surface area contributed by atoms with Gasteiger partial charge >= 0.3 is 5.97 Å². The van der Waals surface area contributed by atoms with Gasteiger partial charge in [0.05, 0.1) is 11.8 Å². The molecule has 2 rings (SSSR count). The van der Waals surface area contributed by atoms with Crippen molar-refractivity contribution in [3.8, 4) is 5.75 Å². The molecule has 22 heavy (non-hydrogen) atoms. The Bertz CT molecular complexity index is 666. The van der Waals surface area contributed by atoms with Crippen LogP contribution in [0.1, 0.15) is 15.9 Å². The number of hydrogen-bond donors (Lipinski definition) is 1. The summed E-state index contributed by atoms with van der Waals surface area (Å²) in [5, 5.41) is 3.63. The minimum absolute atomic E-state index is 0.178. The van der Waals surface area contributed by atoms with Gasteiger partial charge in [0.25, 0.3) is 5.91 Å². The molecule has 6 heteroatoms. The summed E-state index contributed by atoms with van der Waals surface area (Å²) >= 11 is 0. The smallest absolute Gasteiger partial charge is 0.365 e. The number of hydrogen-bond acceptors (Lipinski definition) is 5. The fourth-order valence-electron chi connectivity index (χ4n) is 1.57. The molecule has 0 heterocycles. The highest BCUT2D eigenvalue weighted by Crippen LogP contribution is 2.11. The van der Waals surface area contributed by atoms with Crippen molar-refractivity contribution >= 4 is 18.1 Å². The Kier molecular flexibility index (Phi) is 5.25. The summed E-state index contributed by atoms with van der Waals surface area (Å²) in [6.07, 6.45) is 1.40. The molecule has 0 atom stereocenters. The van der Waals surface area contributed by atoms with Gasteiger partial charge in [-0.25, -0.2) is 4.79 Å². The Balaban J connectivity index is 1.88. The minimum Gasteiger partial charge on any atom is -0.484 e. The fourth-order valence-corrected chi connectivity index (χ4v) is 1.57. The predicted molar refractivity (Wildman–Crippen MR) is 80.6 cm³/mol. The normalized spacial score (nSPS) is 10.4. The van der Waals surface area contributed by atoms with Crippen LogP contribution in [-0.2, 0) is 9.63 Å². The van der Waals surface area contributed by atoms with Crippen molar-refractivity contribution < 1.29 is 19.2 Å². The van der Waals surface area contributed by atoms with Gasteiger partial charge in [0.2, 0.25) is 0 Å². The number of amides is 1. The maximum absolute atomic E-state index is 11.6. The van der Waals surface area contributed by atoms with Crippen molar-refractivity contribution in [1.82, 2.24) is 0 Å². The molecule has 112 valence electrons. The molecule has 0 fully saturated rings. The maximum atomic E-state index is 11.6. The number of carbonyl (C=O) groups excluding carboxylic acids is 2. The lowest BCUT2D eigenvalue weighted by molar-refractivity contribution is -0.119. The second-order valence-electron chi connectivity index (χ2n) is 4.30. The van der Waals surface area contributed by atoms with E-state index in [9.17, 15) is 9.59 Å². The second kappa shape index (κ2) is 7.58. The van der Waals surface area contributed by atoms with Crippen LogP contribution in [-0.4, -0.2) is 24.7 Å². The number of primary amides is 1. The van der Waals surface area contributed by atoms with Gasteiger partial charge in [0.15, 0.2) is 6.61 Å². The zero-order valence-electron chi connectivity index (χ0n) is 11.6. The molecule has 6 nitrogen and oxygen atoms in total. The van der Waals surface area contributed by atoms with Crippen molar-refractivity contribution in [2.75, 3.05) is 6.61 Å². The van der Waals surface area contributed by atoms with Gasteiger partial charge in [0.1, 0.15) is 5.75 Å². The van der Waals surface area contributed by atoms with Gasteiger partial charge in [-0.2, -0.15) is 0 Å². The maximum Gasteiger partial charge on any atom is 0.365 e. The summed E-state index contributed by atoms with van der Waals surface area (Å²) in [5.74, 6) is -0.561. The second-order valence-corrected chi connectivity index (χ2v) is 4.30. The van der Waals surface area contributed by atoms with Crippen LogP contribution in [0, 0.1) is 0 Å². The van der Waals surface area contributed by atoms with Crippen LogP contribution in [0.25, 0.3) is 0 Å². The topological polar surface area (TPSA) is 91.0 Å². The zero-order valence-corrected chi connectivity index (χ0v) is 11.6. The molecule has 0 aliphatic carbocycles. The van der Waals surface area contributed by atoms with Crippen molar-refractivity contribution in [3.63, 3.8) is 0 Å². The van der Waals surface area contributed by atoms with E-state index < -0.39 is 11.9 Å². The first-order valence-corrected chi connectivity index (χ1v) is 6.46. The summed E-state index contributed by atoms with van der Waals surface area (Å²) in [7, 11) is 0. The van der Waals surface area contributed by atoms with Gasteiger partial charge in [0, 0.05) is 0 Å². The summed E-state index contributed by atoms with van der Waals surface area (Å²) in [5.41, 5.74) is 6.12. The molecule has 2 aromatic carbocycles. The Morgan fingerprint density at radius 3 is 2.36 bits per heavy atom. The third-order valence-corrected chi connectivity index (χ3v) is 2.61. The fraction of sp³-hybridized carbons (Fsp3) is 0.0625. The molecule has 0 bridgehead atoms. The van der Waals surface area contributed by atoms with E-state index in [-0.39, 0.29) is 6.61 Å². The van der Waals surface area contributed by atoms with E-state index in [0.29, 0.717) is 16.9 Å². The van der Waals surface area contributed by atoms with Crippen LogP contribution < -0.4 is 10.5 Å². The van der Waals surface area contributed by atoms with Crippen molar-refractivity contribution in [3.05, 3.63) is 65.7 Å². The molecule has 1 amide bonds. The first kappa shape index (κ1) is 15.2. The van der Waals surface area contributed by atoms with E-state index in [1.54, 1.807) is 48.5 Å². The summed E-state index contributed by atoms with van der Waals surface area (Å²) in [4.78, 5) is 27.0. The van der Waals surface area contributed by atoms with Crippen LogP contribution in [0.15, 0.2) is 59.8 Å². The van der Waals surface area contributed by atoms with E-state index in [0.717, 1.165) is 0 Å². The van der Waals surface area contributed by atoms with Crippen LogP contribution >= 0.6 is 0 Å². The largest absolute Gasteiger partial charge is 0.484 e. The summed E-state index contributed by atoms with van der Waals surface area (Å²) < 4.78 is 5.12. The number of benzene rings is 2. The molecular weight excluding hydrogens is 284 g/mol. The van der Waals surface area contributed by atoms with Crippen LogP contribution in [0.5, 0.6) is 5.75 Å². The standard InChI is InChI=1S/C16H14N2O4/c17-15(19)11-21-14-8-6-12(7-9-14)10-18-22-16(20)13-4-2-1-3-5-13/h1-10H,11H2,(H2,17,19). The van der Waals surface area contributed by atoms with Gasteiger partial charge in [-0.15, -0.1) is 0 Å². The summed E-state index contributed by atoms with van der Waals surface area (Å²) in [6, 6.07) is 15.3. The average Bonchev–Trinajstić information content (AvgIpc) is 2.55. The molecule has 0 aliphatic heterocycles. The predicted octanol–water partition coefficient (Wildman–Crippen LogP) is 1.74. The van der Waals surface area contributed by atoms with E-state index in [1.807, 2.05) is 6.07 Å². The third-order valence-electron chi connectivity index (χ3n) is 2.61. The van der Waals surface area contributed by atoms with Crippen molar-refractivity contribution in [2.24, 2.45) is 10.9 Å². The van der Waals surface area contributed by atoms with Crippen LogP contribution in [0.4, 0.5) is 0 Å². The molecule has 0 spiro atoms. The van der Waals surface area contributed by atoms with Gasteiger partial charge < -0.3 is 15.3 Å². The number of carbonyl (C=O) groups is 2. The Hall–Kier alpha value is -3.15. The zero-order chi connectivity index (χ0) is 15.8. The lowest BCUT2D eigenvalue weighted by Crippen LogP contribution is -2.19. The highest BCUT2D eigenvalue weighted by atomic mass is 16.7. The van der Waals surface area contributed by atoms with Gasteiger partial charge in [-0.1, -0.05) is 23.4 Å². The Labute approximate surface area is 127 Å². The Morgan fingerprint density at radius 2 is 1.73 bits per heavy atom. The number of oxime groups is 1. The monoisotopic (exact) mass is 298 g/mol. The molecule has 0 unspecified atom stereocenters. The molecule has 0 aromatic heterocycles. The minimum atomic E-state index is -0.543. The van der Waals surface area contributed by atoms with E-state index >= 15 is 0 Å². The van der Waals surface area contributed by atoms with Crippen molar-refractivity contribution in [2.45, 2.75) is 0 Å². The average molecular weight is 298 g/mol. The quantitative estimate of drug-likeness (QED) is 0.499. The van der Waals surface area contributed by atoms with Gasteiger partial charge in [-0.05, 0) is 42.0 Å². The first-order chi connectivity index (χ1) is 10.6. The molecule has 2 aromatic rings. The molecule has 0 saturated carbocycles. The molecule has 0 saturated heterocycles. The third kappa shape index (κ3) is 4.75. The first-order valence-electron chi connectivity index (χ1n) is 6.46. The number of ether oxygens (including phenoxy) is 1. The van der Waals surface area contributed by atoms with Crippen molar-refractivity contribution in [1.29, 1.82) is 0 Å². The number of rotatable bonds is 6. The number of nitrogens with two attached hydrogens (primary N) is 1. The van der Waals surface area contributed by atoms with Gasteiger partial charge in [-0.3, -0.25) is 4.79 Å². The molecular formula is C16H14N2O4. The Morgan fingerprint density at radius 1 is 1.05 bits per heavy atom.